The number of benzene rings is 2. The maximum absolute atomic E-state index is 13.1. The number of anilines is 1. The van der Waals surface area contributed by atoms with Crippen molar-refractivity contribution in [3.05, 3.63) is 64.2 Å². The van der Waals surface area contributed by atoms with Gasteiger partial charge in [-0.2, -0.15) is 13.2 Å². The number of thioether (sulfide) groups is 1. The molecule has 0 bridgehead atoms. The summed E-state index contributed by atoms with van der Waals surface area (Å²) in [6.07, 6.45) is -4.62. The molecule has 2 rings (SSSR count). The van der Waals surface area contributed by atoms with Crippen molar-refractivity contribution in [3.63, 3.8) is 0 Å². The highest BCUT2D eigenvalue weighted by molar-refractivity contribution is 8.00. The lowest BCUT2D eigenvalue weighted by molar-refractivity contribution is -0.384. The molecule has 0 heterocycles. The number of nitro benzene ring substituents is 1. The van der Waals surface area contributed by atoms with Gasteiger partial charge in [-0.05, 0) is 38.1 Å². The summed E-state index contributed by atoms with van der Waals surface area (Å²) in [4.78, 5) is 37.1. The summed E-state index contributed by atoms with van der Waals surface area (Å²) in [6, 6.07) is 10.3. The maximum atomic E-state index is 13.1. The van der Waals surface area contributed by atoms with Crippen LogP contribution in [0.5, 0.6) is 0 Å². The molecule has 2 aromatic carbocycles. The molecule has 31 heavy (non-hydrogen) atoms. The lowest BCUT2D eigenvalue weighted by Gasteiger charge is -2.24. The number of rotatable bonds is 8. The third-order valence-corrected chi connectivity index (χ3v) is 5.34. The van der Waals surface area contributed by atoms with Crippen LogP contribution in [-0.4, -0.2) is 40.0 Å². The second-order valence-electron chi connectivity index (χ2n) is 6.46. The van der Waals surface area contributed by atoms with Crippen LogP contribution in [0.15, 0.2) is 53.4 Å². The molecule has 11 heteroatoms. The monoisotopic (exact) mass is 455 g/mol. The summed E-state index contributed by atoms with van der Waals surface area (Å²) >= 11 is 1.16. The van der Waals surface area contributed by atoms with Crippen LogP contribution in [0.25, 0.3) is 0 Å². The maximum Gasteiger partial charge on any atom is 0.418 e. The Morgan fingerprint density at radius 2 is 1.77 bits per heavy atom. The SMILES string of the molecule is CCN(CC(=O)Nc1ccccc1C(F)(F)F)C(=O)[C@H](C)Sc1ccc([N+](=O)[O-])cc1. The summed E-state index contributed by atoms with van der Waals surface area (Å²) in [6.45, 7) is 3.04. The van der Waals surface area contributed by atoms with E-state index in [4.69, 9.17) is 0 Å². The molecule has 7 nitrogen and oxygen atoms in total. The molecule has 2 aromatic rings. The van der Waals surface area contributed by atoms with Crippen molar-refractivity contribution < 1.29 is 27.7 Å². The average Bonchev–Trinajstić information content (AvgIpc) is 2.71. The van der Waals surface area contributed by atoms with Crippen molar-refractivity contribution in [1.82, 2.24) is 4.90 Å². The molecule has 0 fully saturated rings. The number of carbonyl (C=O) groups is 2. The smallest absolute Gasteiger partial charge is 0.333 e. The summed E-state index contributed by atoms with van der Waals surface area (Å²) in [5.74, 6) is -1.13. The van der Waals surface area contributed by atoms with Gasteiger partial charge in [-0.3, -0.25) is 19.7 Å². The molecule has 0 aromatic heterocycles. The Morgan fingerprint density at radius 1 is 1.16 bits per heavy atom. The van der Waals surface area contributed by atoms with E-state index in [-0.39, 0.29) is 23.8 Å². The molecular formula is C20H20F3N3O4S. The molecule has 0 saturated heterocycles. The zero-order valence-corrected chi connectivity index (χ0v) is 17.5. The Labute approximate surface area is 180 Å². The Morgan fingerprint density at radius 3 is 2.32 bits per heavy atom. The highest BCUT2D eigenvalue weighted by Crippen LogP contribution is 2.34. The van der Waals surface area contributed by atoms with E-state index in [1.165, 1.54) is 41.3 Å². The second kappa shape index (κ2) is 10.3. The summed E-state index contributed by atoms with van der Waals surface area (Å²) in [5.41, 5.74) is -1.43. The molecule has 0 spiro atoms. The van der Waals surface area contributed by atoms with Crippen LogP contribution in [0.1, 0.15) is 19.4 Å². The van der Waals surface area contributed by atoms with E-state index in [0.29, 0.717) is 4.90 Å². The minimum absolute atomic E-state index is 0.0747. The summed E-state index contributed by atoms with van der Waals surface area (Å²) < 4.78 is 39.2. The third-order valence-electron chi connectivity index (χ3n) is 4.24. The van der Waals surface area contributed by atoms with Gasteiger partial charge in [0.1, 0.15) is 0 Å². The van der Waals surface area contributed by atoms with Gasteiger partial charge in [-0.25, -0.2) is 0 Å². The quantitative estimate of drug-likeness (QED) is 0.357. The summed E-state index contributed by atoms with van der Waals surface area (Å²) in [7, 11) is 0. The predicted molar refractivity (Wildman–Crippen MR) is 111 cm³/mol. The zero-order chi connectivity index (χ0) is 23.2. The van der Waals surface area contributed by atoms with Gasteiger partial charge < -0.3 is 10.2 Å². The largest absolute Gasteiger partial charge is 0.418 e. The highest BCUT2D eigenvalue weighted by atomic mass is 32.2. The number of amides is 2. The second-order valence-corrected chi connectivity index (χ2v) is 7.87. The van der Waals surface area contributed by atoms with Gasteiger partial charge in [0.2, 0.25) is 11.8 Å². The molecule has 1 N–H and O–H groups in total. The number of halogens is 3. The highest BCUT2D eigenvalue weighted by Gasteiger charge is 2.33. The van der Waals surface area contributed by atoms with Crippen LogP contribution in [0.4, 0.5) is 24.5 Å². The molecule has 1 atom stereocenters. The minimum Gasteiger partial charge on any atom is -0.333 e. The first kappa shape index (κ1) is 24.2. The van der Waals surface area contributed by atoms with Crippen LogP contribution >= 0.6 is 11.8 Å². The molecule has 0 radical (unpaired) electrons. The van der Waals surface area contributed by atoms with Gasteiger partial charge in [0.25, 0.3) is 5.69 Å². The molecule has 0 aliphatic rings. The fraction of sp³-hybridized carbons (Fsp3) is 0.300. The number of carbonyl (C=O) groups excluding carboxylic acids is 2. The number of non-ortho nitro benzene ring substituents is 1. The Kier molecular flexibility index (Phi) is 8.03. The average molecular weight is 455 g/mol. The third kappa shape index (κ3) is 6.71. The van der Waals surface area contributed by atoms with Gasteiger partial charge in [0.05, 0.1) is 28.0 Å². The number of hydrogen-bond donors (Lipinski definition) is 1. The fourth-order valence-corrected chi connectivity index (χ4v) is 3.66. The normalized spacial score (nSPS) is 12.2. The topological polar surface area (TPSA) is 92.6 Å². The number of nitrogens with one attached hydrogen (secondary N) is 1. The standard InChI is InChI=1S/C20H20F3N3O4S/c1-3-25(12-18(27)24-17-7-5-4-6-16(17)20(21,22)23)19(28)13(2)31-15-10-8-14(9-11-15)26(29)30/h4-11,13H,3,12H2,1-2H3,(H,24,27)/t13-/m0/s1. The Balaban J connectivity index is 2.02. The first-order chi connectivity index (χ1) is 14.5. The number of para-hydroxylation sites is 1. The van der Waals surface area contributed by atoms with E-state index in [1.807, 2.05) is 0 Å². The van der Waals surface area contributed by atoms with Crippen molar-refractivity contribution in [1.29, 1.82) is 0 Å². The lowest BCUT2D eigenvalue weighted by Crippen LogP contribution is -2.41. The number of alkyl halides is 3. The van der Waals surface area contributed by atoms with E-state index < -0.39 is 34.4 Å². The van der Waals surface area contributed by atoms with Crippen LogP contribution in [-0.2, 0) is 15.8 Å². The van der Waals surface area contributed by atoms with E-state index in [0.717, 1.165) is 23.9 Å². The minimum atomic E-state index is -4.62. The van der Waals surface area contributed by atoms with E-state index in [9.17, 15) is 32.9 Å². The predicted octanol–water partition coefficient (Wildman–Crippen LogP) is 4.58. The Hall–Kier alpha value is -3.08. The molecule has 0 aliphatic carbocycles. The van der Waals surface area contributed by atoms with Gasteiger partial charge in [0.15, 0.2) is 0 Å². The van der Waals surface area contributed by atoms with E-state index in [2.05, 4.69) is 5.32 Å². The molecule has 2 amide bonds. The number of nitro groups is 1. The summed E-state index contributed by atoms with van der Waals surface area (Å²) in [5, 5.41) is 12.3. The molecule has 0 aliphatic heterocycles. The van der Waals surface area contributed by atoms with Gasteiger partial charge >= 0.3 is 6.18 Å². The van der Waals surface area contributed by atoms with Crippen molar-refractivity contribution in [2.24, 2.45) is 0 Å². The number of likely N-dealkylation sites (N-methyl/N-ethyl adjacent to an activating group) is 1. The Bertz CT molecular complexity index is 951. The van der Waals surface area contributed by atoms with E-state index >= 15 is 0 Å². The van der Waals surface area contributed by atoms with Gasteiger partial charge in [-0.15, -0.1) is 11.8 Å². The molecule has 166 valence electrons. The molecule has 0 saturated carbocycles. The first-order valence-corrected chi connectivity index (χ1v) is 10.1. The van der Waals surface area contributed by atoms with Crippen LogP contribution in [0, 0.1) is 10.1 Å². The van der Waals surface area contributed by atoms with Crippen molar-refractivity contribution in [3.8, 4) is 0 Å². The van der Waals surface area contributed by atoms with Crippen molar-refractivity contribution in [2.45, 2.75) is 30.2 Å². The van der Waals surface area contributed by atoms with Gasteiger partial charge in [-0.1, -0.05) is 12.1 Å². The number of hydrogen-bond acceptors (Lipinski definition) is 5. The van der Waals surface area contributed by atoms with Crippen LogP contribution in [0.3, 0.4) is 0 Å². The first-order valence-electron chi connectivity index (χ1n) is 9.19. The van der Waals surface area contributed by atoms with Crippen LogP contribution < -0.4 is 5.32 Å². The zero-order valence-electron chi connectivity index (χ0n) is 16.7. The van der Waals surface area contributed by atoms with E-state index in [1.54, 1.807) is 13.8 Å². The van der Waals surface area contributed by atoms with Crippen molar-refractivity contribution >= 4 is 35.0 Å². The van der Waals surface area contributed by atoms with Crippen molar-refractivity contribution in [2.75, 3.05) is 18.4 Å². The number of nitrogens with zero attached hydrogens (tertiary/aromatic N) is 2. The molecular weight excluding hydrogens is 435 g/mol. The fourth-order valence-electron chi connectivity index (χ4n) is 2.71. The lowest BCUT2D eigenvalue weighted by atomic mass is 10.1. The molecule has 0 unspecified atom stereocenters. The van der Waals surface area contributed by atoms with Gasteiger partial charge in [0, 0.05) is 23.6 Å². The van der Waals surface area contributed by atoms with Crippen LogP contribution in [0.2, 0.25) is 0 Å².